The minimum absolute atomic E-state index is 0.183. The topological polar surface area (TPSA) is 80.2 Å². The number of aryl methyl sites for hydroxylation is 1. The molecule has 1 heterocycles. The highest BCUT2D eigenvalue weighted by molar-refractivity contribution is 7.11. The zero-order valence-electron chi connectivity index (χ0n) is 10.3. The van der Waals surface area contributed by atoms with Gasteiger partial charge in [-0.2, -0.15) is 5.26 Å². The molecule has 0 aliphatic rings. The molecule has 18 heavy (non-hydrogen) atoms. The molecule has 2 atom stereocenters. The van der Waals surface area contributed by atoms with Gasteiger partial charge in [0.15, 0.2) is 6.07 Å². The Bertz CT molecular complexity index is 514. The number of nitrogens with zero attached hydrogens (tertiary/aromatic N) is 4. The van der Waals surface area contributed by atoms with Crippen LogP contribution in [0, 0.1) is 24.8 Å². The van der Waals surface area contributed by atoms with Crippen molar-refractivity contribution in [1.82, 2.24) is 10.2 Å². The second kappa shape index (κ2) is 5.56. The van der Waals surface area contributed by atoms with Gasteiger partial charge in [-0.1, -0.05) is 0 Å². The lowest BCUT2D eigenvalue weighted by Gasteiger charge is -2.21. The molecule has 0 saturated heterocycles. The SMILES string of the molecule is [C-]#[N+]C(C#N)C(C)(C(=O)OCC)c1nnc(C)s1. The molecule has 0 N–H and O–H groups in total. The average Bonchev–Trinajstić information content (AvgIpc) is 2.77. The third kappa shape index (κ3) is 2.31. The van der Waals surface area contributed by atoms with Crippen LogP contribution in [-0.4, -0.2) is 28.8 Å². The number of hydrogen-bond acceptors (Lipinski definition) is 6. The van der Waals surface area contributed by atoms with E-state index in [2.05, 4.69) is 15.0 Å². The second-order valence-corrected chi connectivity index (χ2v) is 4.89. The molecule has 1 aromatic rings. The summed E-state index contributed by atoms with van der Waals surface area (Å²) in [5.74, 6) is -0.622. The Morgan fingerprint density at radius 3 is 2.78 bits per heavy atom. The normalized spacial score (nSPS) is 14.9. The van der Waals surface area contributed by atoms with Crippen molar-refractivity contribution < 1.29 is 9.53 Å². The highest BCUT2D eigenvalue weighted by atomic mass is 32.1. The standard InChI is InChI=1S/C11H12N4O2S/c1-5-17-10(16)11(3,8(6-12)13-4)9-15-14-7(2)18-9/h8H,5H2,1-3H3. The van der Waals surface area contributed by atoms with E-state index in [0.29, 0.717) is 10.0 Å². The number of carbonyl (C=O) groups is 1. The van der Waals surface area contributed by atoms with Crippen LogP contribution in [-0.2, 0) is 14.9 Å². The van der Waals surface area contributed by atoms with E-state index in [9.17, 15) is 4.79 Å². The van der Waals surface area contributed by atoms with Crippen LogP contribution in [0.15, 0.2) is 0 Å². The number of ether oxygens (including phenoxy) is 1. The van der Waals surface area contributed by atoms with Gasteiger partial charge < -0.3 is 4.74 Å². The van der Waals surface area contributed by atoms with Crippen molar-refractivity contribution in [2.24, 2.45) is 0 Å². The van der Waals surface area contributed by atoms with Crippen molar-refractivity contribution in [1.29, 1.82) is 5.26 Å². The van der Waals surface area contributed by atoms with Crippen LogP contribution in [0.4, 0.5) is 0 Å². The van der Waals surface area contributed by atoms with Gasteiger partial charge in [0.05, 0.1) is 6.61 Å². The number of hydrogen-bond donors (Lipinski definition) is 0. The Kier molecular flexibility index (Phi) is 4.35. The number of esters is 1. The van der Waals surface area contributed by atoms with Crippen molar-refractivity contribution in [3.05, 3.63) is 21.4 Å². The largest absolute Gasteiger partial charge is 0.465 e. The molecule has 0 spiro atoms. The minimum Gasteiger partial charge on any atom is -0.465 e. The molecule has 0 aromatic carbocycles. The van der Waals surface area contributed by atoms with Crippen molar-refractivity contribution >= 4 is 17.3 Å². The molecule has 94 valence electrons. The summed E-state index contributed by atoms with van der Waals surface area (Å²) in [5, 5.41) is 17.7. The van der Waals surface area contributed by atoms with Crippen LogP contribution >= 0.6 is 11.3 Å². The van der Waals surface area contributed by atoms with Crippen molar-refractivity contribution in [3.8, 4) is 6.07 Å². The molecule has 7 heteroatoms. The maximum absolute atomic E-state index is 12.1. The molecule has 1 rings (SSSR count). The molecule has 0 aliphatic carbocycles. The average molecular weight is 264 g/mol. The van der Waals surface area contributed by atoms with E-state index >= 15 is 0 Å². The minimum atomic E-state index is -1.39. The van der Waals surface area contributed by atoms with Crippen LogP contribution < -0.4 is 0 Å². The van der Waals surface area contributed by atoms with Crippen LogP contribution in [0.1, 0.15) is 23.9 Å². The Balaban J connectivity index is 3.31. The summed E-state index contributed by atoms with van der Waals surface area (Å²) in [4.78, 5) is 15.3. The Labute approximate surface area is 109 Å². The van der Waals surface area contributed by atoms with Crippen LogP contribution in [0.3, 0.4) is 0 Å². The second-order valence-electron chi connectivity index (χ2n) is 3.71. The Morgan fingerprint density at radius 1 is 1.72 bits per heavy atom. The molecule has 0 saturated carbocycles. The van der Waals surface area contributed by atoms with E-state index in [1.807, 2.05) is 6.07 Å². The number of nitriles is 1. The summed E-state index contributed by atoms with van der Waals surface area (Å²) >= 11 is 1.19. The van der Waals surface area contributed by atoms with Gasteiger partial charge in [-0.15, -0.1) is 21.5 Å². The van der Waals surface area contributed by atoms with Crippen LogP contribution in [0.5, 0.6) is 0 Å². The Morgan fingerprint density at radius 2 is 2.39 bits per heavy atom. The Hall–Kier alpha value is -1.99. The fourth-order valence-electron chi connectivity index (χ4n) is 1.39. The number of aromatic nitrogens is 2. The highest BCUT2D eigenvalue weighted by Crippen LogP contribution is 2.33. The lowest BCUT2D eigenvalue weighted by molar-refractivity contribution is -0.149. The monoisotopic (exact) mass is 264 g/mol. The first kappa shape index (κ1) is 14.1. The first-order valence-corrected chi connectivity index (χ1v) is 6.06. The van der Waals surface area contributed by atoms with Gasteiger partial charge in [0.25, 0.3) is 0 Å². The van der Waals surface area contributed by atoms with Crippen molar-refractivity contribution in [2.45, 2.75) is 32.2 Å². The van der Waals surface area contributed by atoms with E-state index in [4.69, 9.17) is 16.6 Å². The smallest absolute Gasteiger partial charge is 0.329 e. The van der Waals surface area contributed by atoms with Gasteiger partial charge in [0.1, 0.15) is 10.0 Å². The zero-order chi connectivity index (χ0) is 13.8. The summed E-state index contributed by atoms with van der Waals surface area (Å²) in [6.45, 7) is 12.1. The van der Waals surface area contributed by atoms with Crippen molar-refractivity contribution in [2.75, 3.05) is 6.61 Å². The molecule has 0 fully saturated rings. The van der Waals surface area contributed by atoms with Gasteiger partial charge >= 0.3 is 12.0 Å². The van der Waals surface area contributed by atoms with Gasteiger partial charge in [-0.05, 0) is 20.8 Å². The molecule has 0 radical (unpaired) electrons. The van der Waals surface area contributed by atoms with Crippen LogP contribution in [0.2, 0.25) is 0 Å². The quantitative estimate of drug-likeness (QED) is 0.607. The van der Waals surface area contributed by atoms with Gasteiger partial charge in [-0.25, -0.2) is 6.57 Å². The summed E-state index contributed by atoms with van der Waals surface area (Å²) in [6.07, 6.45) is 0. The first-order valence-electron chi connectivity index (χ1n) is 5.24. The molecular formula is C11H12N4O2S. The van der Waals surface area contributed by atoms with E-state index in [0.717, 1.165) is 0 Å². The summed E-state index contributed by atoms with van der Waals surface area (Å²) in [5.41, 5.74) is -1.39. The van der Waals surface area contributed by atoms with E-state index in [1.54, 1.807) is 13.8 Å². The molecule has 6 nitrogen and oxygen atoms in total. The van der Waals surface area contributed by atoms with E-state index in [-0.39, 0.29) is 6.61 Å². The third-order valence-corrected chi connectivity index (χ3v) is 3.54. The lowest BCUT2D eigenvalue weighted by atomic mass is 9.84. The van der Waals surface area contributed by atoms with E-state index in [1.165, 1.54) is 18.3 Å². The summed E-state index contributed by atoms with van der Waals surface area (Å²) in [7, 11) is 0. The fourth-order valence-corrected chi connectivity index (χ4v) is 2.24. The van der Waals surface area contributed by atoms with Gasteiger partial charge in [0.2, 0.25) is 5.41 Å². The molecule has 2 unspecified atom stereocenters. The zero-order valence-corrected chi connectivity index (χ0v) is 11.1. The predicted molar refractivity (Wildman–Crippen MR) is 64.6 cm³/mol. The fraction of sp³-hybridized carbons (Fsp3) is 0.545. The van der Waals surface area contributed by atoms with Crippen LogP contribution in [0.25, 0.3) is 4.85 Å². The predicted octanol–water partition coefficient (Wildman–Crippen LogP) is 1.48. The van der Waals surface area contributed by atoms with Gasteiger partial charge in [0, 0.05) is 0 Å². The molecule has 0 amide bonds. The van der Waals surface area contributed by atoms with Crippen molar-refractivity contribution in [3.63, 3.8) is 0 Å². The first-order chi connectivity index (χ1) is 8.50. The summed E-state index contributed by atoms with van der Waals surface area (Å²) < 4.78 is 4.96. The molecule has 0 bridgehead atoms. The number of rotatable bonds is 4. The van der Waals surface area contributed by atoms with Gasteiger partial charge in [-0.3, -0.25) is 9.64 Å². The molecular weight excluding hydrogens is 252 g/mol. The lowest BCUT2D eigenvalue weighted by Crippen LogP contribution is -2.43. The third-order valence-electron chi connectivity index (χ3n) is 2.47. The molecule has 1 aromatic heterocycles. The maximum atomic E-state index is 12.1. The number of carbonyl (C=O) groups excluding carboxylic acids is 1. The maximum Gasteiger partial charge on any atom is 0.329 e. The molecule has 0 aliphatic heterocycles. The highest BCUT2D eigenvalue weighted by Gasteiger charge is 2.52. The van der Waals surface area contributed by atoms with E-state index < -0.39 is 17.4 Å². The summed E-state index contributed by atoms with van der Waals surface area (Å²) in [6, 6.07) is 0.646.